The van der Waals surface area contributed by atoms with Crippen molar-refractivity contribution in [1.29, 1.82) is 0 Å². The molecule has 0 unspecified atom stereocenters. The Balaban J connectivity index is 1.64. The summed E-state index contributed by atoms with van der Waals surface area (Å²) in [4.78, 5) is 44.5. The summed E-state index contributed by atoms with van der Waals surface area (Å²) in [6.45, 7) is 2.21. The highest BCUT2D eigenvalue weighted by Crippen LogP contribution is 2.26. The molecule has 0 spiro atoms. The van der Waals surface area contributed by atoms with Crippen LogP contribution < -0.4 is 11.1 Å². The van der Waals surface area contributed by atoms with Crippen LogP contribution in [0.25, 0.3) is 11.0 Å². The summed E-state index contributed by atoms with van der Waals surface area (Å²) in [6, 6.07) is 12.9. The molecule has 1 fully saturated rings. The van der Waals surface area contributed by atoms with E-state index in [1.54, 1.807) is 28.8 Å². The zero-order valence-corrected chi connectivity index (χ0v) is 20.4. The lowest BCUT2D eigenvalue weighted by Gasteiger charge is -2.31. The number of hydrogen-bond acceptors (Lipinski definition) is 5. The van der Waals surface area contributed by atoms with Gasteiger partial charge in [0.1, 0.15) is 5.78 Å². The van der Waals surface area contributed by atoms with E-state index in [4.69, 9.17) is 5.73 Å². The molecule has 184 valence electrons. The van der Waals surface area contributed by atoms with Crippen LogP contribution >= 0.6 is 0 Å². The fourth-order valence-electron chi connectivity index (χ4n) is 4.72. The molecule has 0 bridgehead atoms. The Kier molecular flexibility index (Phi) is 7.60. The van der Waals surface area contributed by atoms with Gasteiger partial charge >= 0.3 is 0 Å². The molecule has 0 radical (unpaired) electrons. The summed E-state index contributed by atoms with van der Waals surface area (Å²) in [5.41, 5.74) is 8.88. The van der Waals surface area contributed by atoms with Crippen molar-refractivity contribution < 1.29 is 14.4 Å². The van der Waals surface area contributed by atoms with Gasteiger partial charge in [-0.25, -0.2) is 4.98 Å². The average Bonchev–Trinajstić information content (AvgIpc) is 3.22. The molecule has 1 aliphatic carbocycles. The first kappa shape index (κ1) is 24.6. The maximum absolute atomic E-state index is 13.2. The molecule has 1 aromatic heterocycles. The summed E-state index contributed by atoms with van der Waals surface area (Å²) in [7, 11) is 1.87. The highest BCUT2D eigenvalue weighted by Gasteiger charge is 2.24. The lowest BCUT2D eigenvalue weighted by Crippen LogP contribution is -2.38. The molecule has 35 heavy (non-hydrogen) atoms. The zero-order chi connectivity index (χ0) is 24.9. The summed E-state index contributed by atoms with van der Waals surface area (Å²) in [5.74, 6) is -0.0639. The number of carbonyl (C=O) groups excluding carboxylic acids is 3. The number of aromatic nitrogens is 2. The van der Waals surface area contributed by atoms with Gasteiger partial charge in [0.25, 0.3) is 11.8 Å². The molecule has 1 aliphatic rings. The van der Waals surface area contributed by atoms with Crippen molar-refractivity contribution in [3.63, 3.8) is 0 Å². The molecule has 3 aromatic rings. The smallest absolute Gasteiger partial charge is 0.257 e. The molecular formula is C27H33N5O3. The van der Waals surface area contributed by atoms with E-state index in [2.05, 4.69) is 10.3 Å². The SMILES string of the molecule is Cc1cccc(C(=O)Nc2nc3cc(C(=O)N(C)C4CCCCC4)ccc3n2CCC(=O)CN)c1. The van der Waals surface area contributed by atoms with Gasteiger partial charge in [-0.2, -0.15) is 0 Å². The number of carbonyl (C=O) groups is 3. The second-order valence-electron chi connectivity index (χ2n) is 9.31. The molecule has 0 aliphatic heterocycles. The Hall–Kier alpha value is -3.52. The number of amides is 2. The quantitative estimate of drug-likeness (QED) is 0.513. The number of nitrogens with one attached hydrogen (secondary N) is 1. The van der Waals surface area contributed by atoms with Gasteiger partial charge < -0.3 is 15.2 Å². The number of fused-ring (bicyclic) bond motifs is 1. The number of benzene rings is 2. The Morgan fingerprint density at radius 2 is 1.86 bits per heavy atom. The Bertz CT molecular complexity index is 1240. The first-order valence-corrected chi connectivity index (χ1v) is 12.2. The van der Waals surface area contributed by atoms with Gasteiger partial charge in [-0.05, 0) is 50.1 Å². The monoisotopic (exact) mass is 475 g/mol. The van der Waals surface area contributed by atoms with Gasteiger partial charge in [-0.3, -0.25) is 19.7 Å². The van der Waals surface area contributed by atoms with E-state index < -0.39 is 0 Å². The lowest BCUT2D eigenvalue weighted by molar-refractivity contribution is -0.117. The summed E-state index contributed by atoms with van der Waals surface area (Å²) in [5, 5.41) is 2.88. The molecule has 4 rings (SSSR count). The maximum atomic E-state index is 13.2. The van der Waals surface area contributed by atoms with Crippen molar-refractivity contribution in [2.45, 2.75) is 58.0 Å². The van der Waals surface area contributed by atoms with Crippen LogP contribution in [-0.2, 0) is 11.3 Å². The predicted octanol–water partition coefficient (Wildman–Crippen LogP) is 3.92. The van der Waals surface area contributed by atoms with Crippen LogP contribution in [0.15, 0.2) is 42.5 Å². The number of anilines is 1. The Morgan fingerprint density at radius 1 is 1.09 bits per heavy atom. The zero-order valence-electron chi connectivity index (χ0n) is 20.4. The first-order chi connectivity index (χ1) is 16.9. The third kappa shape index (κ3) is 5.59. The van der Waals surface area contributed by atoms with E-state index in [1.807, 2.05) is 37.1 Å². The van der Waals surface area contributed by atoms with Gasteiger partial charge in [0.2, 0.25) is 5.95 Å². The number of nitrogens with two attached hydrogens (primary N) is 1. The number of hydrogen-bond donors (Lipinski definition) is 2. The van der Waals surface area contributed by atoms with Crippen LogP contribution in [0.1, 0.15) is 64.8 Å². The number of imidazole rings is 1. The minimum absolute atomic E-state index is 0.0306. The van der Waals surface area contributed by atoms with Crippen molar-refractivity contribution in [1.82, 2.24) is 14.5 Å². The van der Waals surface area contributed by atoms with Crippen LogP contribution in [0.3, 0.4) is 0 Å². The summed E-state index contributed by atoms with van der Waals surface area (Å²) < 4.78 is 1.80. The summed E-state index contributed by atoms with van der Waals surface area (Å²) >= 11 is 0. The normalized spacial score (nSPS) is 14.1. The number of rotatable bonds is 8. The molecule has 3 N–H and O–H groups in total. The van der Waals surface area contributed by atoms with E-state index in [0.29, 0.717) is 29.1 Å². The molecular weight excluding hydrogens is 442 g/mol. The number of ketones is 1. The molecule has 1 heterocycles. The predicted molar refractivity (Wildman–Crippen MR) is 137 cm³/mol. The van der Waals surface area contributed by atoms with Crippen LogP contribution in [-0.4, -0.2) is 51.7 Å². The van der Waals surface area contributed by atoms with E-state index in [0.717, 1.165) is 36.8 Å². The first-order valence-electron chi connectivity index (χ1n) is 12.2. The van der Waals surface area contributed by atoms with E-state index >= 15 is 0 Å². The number of aryl methyl sites for hydroxylation is 2. The average molecular weight is 476 g/mol. The minimum atomic E-state index is -0.288. The standard InChI is InChI=1S/C27H33N5O3/c1-18-7-6-8-19(15-18)25(34)30-27-29-23-16-20(26(35)31(2)21-9-4-3-5-10-21)11-12-24(23)32(27)14-13-22(33)17-28/h6-8,11-12,15-16,21H,3-5,9-10,13-14,17,28H2,1-2H3,(H,29,30,34). The van der Waals surface area contributed by atoms with Crippen molar-refractivity contribution in [3.8, 4) is 0 Å². The van der Waals surface area contributed by atoms with E-state index in [-0.39, 0.29) is 36.6 Å². The second kappa shape index (κ2) is 10.8. The molecule has 0 atom stereocenters. The molecule has 2 amide bonds. The van der Waals surface area contributed by atoms with Crippen molar-refractivity contribution >= 4 is 34.6 Å². The molecule has 0 saturated heterocycles. The lowest BCUT2D eigenvalue weighted by atomic mass is 9.94. The highest BCUT2D eigenvalue weighted by molar-refractivity contribution is 6.04. The Labute approximate surface area is 205 Å². The van der Waals surface area contributed by atoms with E-state index in [9.17, 15) is 14.4 Å². The fraction of sp³-hybridized carbons (Fsp3) is 0.407. The van der Waals surface area contributed by atoms with Gasteiger partial charge in [0, 0.05) is 37.2 Å². The van der Waals surface area contributed by atoms with Crippen LogP contribution in [0.4, 0.5) is 5.95 Å². The second-order valence-corrected chi connectivity index (χ2v) is 9.31. The maximum Gasteiger partial charge on any atom is 0.257 e. The van der Waals surface area contributed by atoms with Gasteiger partial charge in [0.05, 0.1) is 17.6 Å². The van der Waals surface area contributed by atoms with Crippen molar-refractivity contribution in [3.05, 3.63) is 59.2 Å². The largest absolute Gasteiger partial charge is 0.339 e. The van der Waals surface area contributed by atoms with Crippen molar-refractivity contribution in [2.75, 3.05) is 18.9 Å². The Morgan fingerprint density at radius 3 is 2.57 bits per heavy atom. The van der Waals surface area contributed by atoms with Crippen LogP contribution in [0, 0.1) is 6.92 Å². The molecule has 8 nitrogen and oxygen atoms in total. The third-order valence-electron chi connectivity index (χ3n) is 6.79. The van der Waals surface area contributed by atoms with E-state index in [1.165, 1.54) is 6.42 Å². The van der Waals surface area contributed by atoms with Crippen molar-refractivity contribution in [2.24, 2.45) is 5.73 Å². The molecule has 1 saturated carbocycles. The van der Waals surface area contributed by atoms with Gasteiger partial charge in [0.15, 0.2) is 0 Å². The van der Waals surface area contributed by atoms with Gasteiger partial charge in [-0.15, -0.1) is 0 Å². The topological polar surface area (TPSA) is 110 Å². The molecule has 2 aromatic carbocycles. The minimum Gasteiger partial charge on any atom is -0.339 e. The third-order valence-corrected chi connectivity index (χ3v) is 6.79. The van der Waals surface area contributed by atoms with Crippen LogP contribution in [0.5, 0.6) is 0 Å². The molecule has 8 heteroatoms. The fourth-order valence-corrected chi connectivity index (χ4v) is 4.72. The summed E-state index contributed by atoms with van der Waals surface area (Å²) in [6.07, 6.45) is 5.81. The van der Waals surface area contributed by atoms with Crippen LogP contribution in [0.2, 0.25) is 0 Å². The highest BCUT2D eigenvalue weighted by atomic mass is 16.2. The number of Topliss-reactive ketones (excluding diaryl/α,β-unsaturated/α-hetero) is 1. The number of nitrogens with zero attached hydrogens (tertiary/aromatic N) is 3. The van der Waals surface area contributed by atoms with Gasteiger partial charge in [-0.1, -0.05) is 37.0 Å².